The SMILES string of the molecule is CCN(CC(=O)NC(C)C)C(=O)c1cc(Cl)ccc1F. The largest absolute Gasteiger partial charge is 0.352 e. The van der Waals surface area contributed by atoms with Crippen LogP contribution in [0.2, 0.25) is 5.02 Å². The average Bonchev–Trinajstić information content (AvgIpc) is 2.37. The molecule has 1 rings (SSSR count). The lowest BCUT2D eigenvalue weighted by Crippen LogP contribution is -2.42. The predicted molar refractivity (Wildman–Crippen MR) is 76.3 cm³/mol. The number of carbonyl (C=O) groups is 2. The third kappa shape index (κ3) is 4.49. The molecule has 20 heavy (non-hydrogen) atoms. The van der Waals surface area contributed by atoms with E-state index in [1.54, 1.807) is 6.92 Å². The molecule has 0 radical (unpaired) electrons. The van der Waals surface area contributed by atoms with Gasteiger partial charge in [0.05, 0.1) is 12.1 Å². The van der Waals surface area contributed by atoms with Crippen LogP contribution in [0, 0.1) is 5.82 Å². The van der Waals surface area contributed by atoms with Crippen molar-refractivity contribution < 1.29 is 14.0 Å². The average molecular weight is 301 g/mol. The van der Waals surface area contributed by atoms with Gasteiger partial charge >= 0.3 is 0 Å². The summed E-state index contributed by atoms with van der Waals surface area (Å²) in [4.78, 5) is 25.2. The normalized spacial score (nSPS) is 10.5. The highest BCUT2D eigenvalue weighted by Crippen LogP contribution is 2.16. The van der Waals surface area contributed by atoms with Gasteiger partial charge < -0.3 is 10.2 Å². The minimum Gasteiger partial charge on any atom is -0.352 e. The Labute approximate surface area is 122 Å². The molecule has 0 heterocycles. The van der Waals surface area contributed by atoms with Gasteiger partial charge in [0.1, 0.15) is 5.82 Å². The number of rotatable bonds is 5. The molecular formula is C14H18ClFN2O2. The second-order valence-corrected chi connectivity index (χ2v) is 5.10. The molecule has 1 aromatic rings. The molecule has 0 spiro atoms. The first-order valence-corrected chi connectivity index (χ1v) is 6.76. The molecule has 1 N–H and O–H groups in total. The number of halogens is 2. The van der Waals surface area contributed by atoms with Crippen molar-refractivity contribution in [1.29, 1.82) is 0 Å². The van der Waals surface area contributed by atoms with E-state index in [4.69, 9.17) is 11.6 Å². The van der Waals surface area contributed by atoms with Crippen LogP contribution in [0.4, 0.5) is 4.39 Å². The van der Waals surface area contributed by atoms with E-state index in [2.05, 4.69) is 5.32 Å². The summed E-state index contributed by atoms with van der Waals surface area (Å²) < 4.78 is 13.7. The van der Waals surface area contributed by atoms with E-state index in [9.17, 15) is 14.0 Å². The van der Waals surface area contributed by atoms with Crippen molar-refractivity contribution in [2.75, 3.05) is 13.1 Å². The minimum atomic E-state index is -0.651. The quantitative estimate of drug-likeness (QED) is 0.908. The highest BCUT2D eigenvalue weighted by atomic mass is 35.5. The van der Waals surface area contributed by atoms with Gasteiger partial charge in [0.2, 0.25) is 5.91 Å². The number of nitrogens with zero attached hydrogens (tertiary/aromatic N) is 1. The fourth-order valence-electron chi connectivity index (χ4n) is 1.70. The number of benzene rings is 1. The number of hydrogen-bond donors (Lipinski definition) is 1. The number of hydrogen-bond acceptors (Lipinski definition) is 2. The van der Waals surface area contributed by atoms with Gasteiger partial charge in [0.15, 0.2) is 0 Å². The second kappa shape index (κ2) is 7.24. The smallest absolute Gasteiger partial charge is 0.257 e. The first kappa shape index (κ1) is 16.4. The number of nitrogens with one attached hydrogen (secondary N) is 1. The van der Waals surface area contributed by atoms with E-state index < -0.39 is 11.7 Å². The molecule has 0 unspecified atom stereocenters. The van der Waals surface area contributed by atoms with Gasteiger partial charge in [0, 0.05) is 17.6 Å². The molecule has 0 bridgehead atoms. The zero-order valence-corrected chi connectivity index (χ0v) is 12.5. The summed E-state index contributed by atoms with van der Waals surface area (Å²) in [6, 6.07) is 3.76. The molecule has 0 aliphatic rings. The summed E-state index contributed by atoms with van der Waals surface area (Å²) in [7, 11) is 0. The van der Waals surface area contributed by atoms with E-state index in [0.29, 0.717) is 6.54 Å². The van der Waals surface area contributed by atoms with Gasteiger partial charge in [-0.25, -0.2) is 4.39 Å². The fourth-order valence-corrected chi connectivity index (χ4v) is 1.87. The monoisotopic (exact) mass is 300 g/mol. The summed E-state index contributed by atoms with van der Waals surface area (Å²) in [5.41, 5.74) is -0.128. The van der Waals surface area contributed by atoms with Crippen molar-refractivity contribution in [2.45, 2.75) is 26.8 Å². The molecule has 6 heteroatoms. The Bertz CT molecular complexity index is 506. The Morgan fingerprint density at radius 3 is 2.60 bits per heavy atom. The van der Waals surface area contributed by atoms with Gasteiger partial charge in [-0.2, -0.15) is 0 Å². The maximum atomic E-state index is 13.7. The van der Waals surface area contributed by atoms with E-state index >= 15 is 0 Å². The molecule has 0 atom stereocenters. The first-order valence-electron chi connectivity index (χ1n) is 6.38. The Kier molecular flexibility index (Phi) is 5.95. The lowest BCUT2D eigenvalue weighted by Gasteiger charge is -2.21. The summed E-state index contributed by atoms with van der Waals surface area (Å²) in [5, 5.41) is 2.96. The predicted octanol–water partition coefficient (Wildman–Crippen LogP) is 2.47. The molecular weight excluding hydrogens is 283 g/mol. The lowest BCUT2D eigenvalue weighted by molar-refractivity contribution is -0.122. The second-order valence-electron chi connectivity index (χ2n) is 4.67. The van der Waals surface area contributed by atoms with Crippen molar-refractivity contribution >= 4 is 23.4 Å². The standard InChI is InChI=1S/C14H18ClFN2O2/c1-4-18(8-13(19)17-9(2)3)14(20)11-7-10(15)5-6-12(11)16/h5-7,9H,4,8H2,1-3H3,(H,17,19). The van der Waals surface area contributed by atoms with Crippen LogP contribution in [0.5, 0.6) is 0 Å². The van der Waals surface area contributed by atoms with Crippen molar-refractivity contribution in [1.82, 2.24) is 10.2 Å². The van der Waals surface area contributed by atoms with Crippen LogP contribution in [0.15, 0.2) is 18.2 Å². The Morgan fingerprint density at radius 1 is 1.40 bits per heavy atom. The van der Waals surface area contributed by atoms with Crippen LogP contribution in [0.3, 0.4) is 0 Å². The van der Waals surface area contributed by atoms with E-state index in [1.807, 2.05) is 13.8 Å². The Balaban J connectivity index is 2.86. The molecule has 2 amide bonds. The van der Waals surface area contributed by atoms with Crippen LogP contribution in [-0.4, -0.2) is 35.8 Å². The third-order valence-corrected chi connectivity index (χ3v) is 2.85. The van der Waals surface area contributed by atoms with E-state index in [-0.39, 0.29) is 29.1 Å². The Morgan fingerprint density at radius 2 is 2.05 bits per heavy atom. The zero-order chi connectivity index (χ0) is 15.3. The molecule has 0 aliphatic carbocycles. The summed E-state index contributed by atoms with van der Waals surface area (Å²) >= 11 is 5.77. The molecule has 1 aromatic carbocycles. The summed E-state index contributed by atoms with van der Waals surface area (Å²) in [5.74, 6) is -1.48. The van der Waals surface area contributed by atoms with Crippen LogP contribution < -0.4 is 5.32 Å². The Hall–Kier alpha value is -1.62. The topological polar surface area (TPSA) is 49.4 Å². The van der Waals surface area contributed by atoms with Gasteiger partial charge in [-0.05, 0) is 39.0 Å². The third-order valence-electron chi connectivity index (χ3n) is 2.61. The van der Waals surface area contributed by atoms with Crippen LogP contribution in [0.1, 0.15) is 31.1 Å². The maximum absolute atomic E-state index is 13.7. The van der Waals surface area contributed by atoms with Crippen LogP contribution in [0.25, 0.3) is 0 Å². The molecule has 0 saturated carbocycles. The van der Waals surface area contributed by atoms with Crippen LogP contribution in [-0.2, 0) is 4.79 Å². The molecule has 0 saturated heterocycles. The van der Waals surface area contributed by atoms with Gasteiger partial charge in [-0.3, -0.25) is 9.59 Å². The van der Waals surface area contributed by atoms with Crippen molar-refractivity contribution in [2.24, 2.45) is 0 Å². The zero-order valence-electron chi connectivity index (χ0n) is 11.7. The van der Waals surface area contributed by atoms with E-state index in [0.717, 1.165) is 6.07 Å². The van der Waals surface area contributed by atoms with E-state index in [1.165, 1.54) is 17.0 Å². The van der Waals surface area contributed by atoms with Crippen molar-refractivity contribution in [3.8, 4) is 0 Å². The van der Waals surface area contributed by atoms with Gasteiger partial charge in [-0.15, -0.1) is 0 Å². The molecule has 0 aliphatic heterocycles. The highest BCUT2D eigenvalue weighted by molar-refractivity contribution is 6.31. The summed E-state index contributed by atoms with van der Waals surface area (Å²) in [6.07, 6.45) is 0. The van der Waals surface area contributed by atoms with Gasteiger partial charge in [-0.1, -0.05) is 11.6 Å². The molecule has 0 fully saturated rings. The number of amides is 2. The summed E-state index contributed by atoms with van der Waals surface area (Å²) in [6.45, 7) is 5.57. The lowest BCUT2D eigenvalue weighted by atomic mass is 10.2. The molecule has 0 aromatic heterocycles. The number of likely N-dealkylation sites (N-methyl/N-ethyl adjacent to an activating group) is 1. The van der Waals surface area contributed by atoms with Crippen molar-refractivity contribution in [3.05, 3.63) is 34.6 Å². The highest BCUT2D eigenvalue weighted by Gasteiger charge is 2.20. The van der Waals surface area contributed by atoms with Crippen LogP contribution >= 0.6 is 11.6 Å². The molecule has 4 nitrogen and oxygen atoms in total. The maximum Gasteiger partial charge on any atom is 0.257 e. The van der Waals surface area contributed by atoms with Gasteiger partial charge in [0.25, 0.3) is 5.91 Å². The number of carbonyl (C=O) groups excluding carboxylic acids is 2. The first-order chi connectivity index (χ1) is 9.35. The van der Waals surface area contributed by atoms with Crippen molar-refractivity contribution in [3.63, 3.8) is 0 Å². The molecule has 110 valence electrons. The fraction of sp³-hybridized carbons (Fsp3) is 0.429. The minimum absolute atomic E-state index is 0.0146.